The van der Waals surface area contributed by atoms with E-state index in [-0.39, 0.29) is 11.2 Å². The van der Waals surface area contributed by atoms with Crippen molar-refractivity contribution in [2.75, 3.05) is 5.32 Å². The maximum Gasteiger partial charge on any atom is 0.427 e. The summed E-state index contributed by atoms with van der Waals surface area (Å²) in [4.78, 5) is 7.36. The first-order chi connectivity index (χ1) is 10.5. The lowest BCUT2D eigenvalue weighted by Gasteiger charge is -2.16. The SMILES string of the molecule is FC(F)(F)c1cnc(NC(c2ccccc2)c2nccs2)s1. The number of alkyl halides is 3. The van der Waals surface area contributed by atoms with Gasteiger partial charge in [0, 0.05) is 11.6 Å². The molecule has 0 fully saturated rings. The Morgan fingerprint density at radius 1 is 1.09 bits per heavy atom. The molecule has 1 N–H and O–H groups in total. The molecule has 0 amide bonds. The Morgan fingerprint density at radius 2 is 1.86 bits per heavy atom. The molecule has 3 aromatic rings. The maximum atomic E-state index is 12.7. The van der Waals surface area contributed by atoms with Crippen LogP contribution in [0.2, 0.25) is 0 Å². The molecule has 2 heterocycles. The fourth-order valence-corrected chi connectivity index (χ4v) is 3.33. The molecule has 114 valence electrons. The monoisotopic (exact) mass is 341 g/mol. The summed E-state index contributed by atoms with van der Waals surface area (Å²) >= 11 is 2.03. The summed E-state index contributed by atoms with van der Waals surface area (Å²) in [6, 6.07) is 9.11. The Kier molecular flexibility index (Phi) is 4.12. The number of hydrogen-bond donors (Lipinski definition) is 1. The first-order valence-corrected chi connectivity index (χ1v) is 7.97. The van der Waals surface area contributed by atoms with Crippen LogP contribution in [0.25, 0.3) is 0 Å². The highest BCUT2D eigenvalue weighted by Crippen LogP contribution is 2.37. The molecular formula is C14H10F3N3S2. The number of hydrogen-bond acceptors (Lipinski definition) is 5. The molecule has 0 bridgehead atoms. The molecule has 0 aliphatic carbocycles. The fraction of sp³-hybridized carbons (Fsp3) is 0.143. The molecule has 1 aromatic carbocycles. The van der Waals surface area contributed by atoms with Crippen molar-refractivity contribution in [3.8, 4) is 0 Å². The lowest BCUT2D eigenvalue weighted by atomic mass is 10.1. The minimum absolute atomic E-state index is 0.219. The average Bonchev–Trinajstić information content (AvgIpc) is 3.16. The van der Waals surface area contributed by atoms with Crippen LogP contribution in [0.4, 0.5) is 18.3 Å². The van der Waals surface area contributed by atoms with Crippen molar-refractivity contribution in [1.29, 1.82) is 0 Å². The second-order valence-corrected chi connectivity index (χ2v) is 6.34. The van der Waals surface area contributed by atoms with Crippen LogP contribution in [0.15, 0.2) is 48.1 Å². The Bertz CT molecular complexity index is 723. The second-order valence-electron chi connectivity index (χ2n) is 4.39. The van der Waals surface area contributed by atoms with Gasteiger partial charge >= 0.3 is 6.18 Å². The van der Waals surface area contributed by atoms with Crippen LogP contribution in [-0.2, 0) is 6.18 Å². The first-order valence-electron chi connectivity index (χ1n) is 6.28. The van der Waals surface area contributed by atoms with Gasteiger partial charge in [-0.3, -0.25) is 0 Å². The molecule has 1 atom stereocenters. The highest BCUT2D eigenvalue weighted by molar-refractivity contribution is 7.15. The van der Waals surface area contributed by atoms with E-state index in [0.29, 0.717) is 11.3 Å². The Balaban J connectivity index is 1.90. The highest BCUT2D eigenvalue weighted by atomic mass is 32.1. The zero-order chi connectivity index (χ0) is 15.6. The standard InChI is InChI=1S/C14H10F3N3S2/c15-14(16,17)10-8-19-13(22-10)20-11(12-18-6-7-21-12)9-4-2-1-3-5-9/h1-8,11H,(H,19,20). The van der Waals surface area contributed by atoms with E-state index in [4.69, 9.17) is 0 Å². The van der Waals surface area contributed by atoms with Crippen LogP contribution in [0.5, 0.6) is 0 Å². The zero-order valence-corrected chi connectivity index (χ0v) is 12.7. The van der Waals surface area contributed by atoms with Crippen LogP contribution < -0.4 is 5.32 Å². The molecule has 0 aliphatic rings. The van der Waals surface area contributed by atoms with Gasteiger partial charge in [-0.25, -0.2) is 9.97 Å². The van der Waals surface area contributed by atoms with Crippen molar-refractivity contribution in [1.82, 2.24) is 9.97 Å². The summed E-state index contributed by atoms with van der Waals surface area (Å²) in [6.07, 6.45) is -1.86. The van der Waals surface area contributed by atoms with Crippen LogP contribution in [0, 0.1) is 0 Å². The van der Waals surface area contributed by atoms with E-state index in [1.807, 2.05) is 35.7 Å². The second kappa shape index (κ2) is 6.05. The molecule has 8 heteroatoms. The maximum absolute atomic E-state index is 12.7. The van der Waals surface area contributed by atoms with Gasteiger partial charge in [-0.05, 0) is 5.56 Å². The smallest absolute Gasteiger partial charge is 0.348 e. The quantitative estimate of drug-likeness (QED) is 0.739. The summed E-state index contributed by atoms with van der Waals surface area (Å²) in [6.45, 7) is 0. The predicted molar refractivity (Wildman–Crippen MR) is 81.1 cm³/mol. The van der Waals surface area contributed by atoms with Crippen molar-refractivity contribution in [3.05, 3.63) is 63.6 Å². The highest BCUT2D eigenvalue weighted by Gasteiger charge is 2.33. The fourth-order valence-electron chi connectivity index (χ4n) is 1.91. The number of aromatic nitrogens is 2. The average molecular weight is 341 g/mol. The molecule has 0 aliphatic heterocycles. The minimum Gasteiger partial charge on any atom is -0.348 e. The molecule has 3 nitrogen and oxygen atoms in total. The molecule has 22 heavy (non-hydrogen) atoms. The first kappa shape index (κ1) is 15.0. The summed E-state index contributed by atoms with van der Waals surface area (Å²) in [5.41, 5.74) is 0.918. The third kappa shape index (κ3) is 3.28. The molecule has 0 spiro atoms. The summed E-state index contributed by atoms with van der Waals surface area (Å²) in [7, 11) is 0. The van der Waals surface area contributed by atoms with Gasteiger partial charge in [0.05, 0.1) is 6.20 Å². The van der Waals surface area contributed by atoms with E-state index in [9.17, 15) is 13.2 Å². The van der Waals surface area contributed by atoms with E-state index in [1.54, 1.807) is 6.20 Å². The van der Waals surface area contributed by atoms with Gasteiger partial charge in [-0.15, -0.1) is 11.3 Å². The molecule has 0 saturated carbocycles. The van der Waals surface area contributed by atoms with E-state index in [1.165, 1.54) is 11.3 Å². The number of rotatable bonds is 4. The predicted octanol–water partition coefficient (Wildman–Crippen LogP) is 4.82. The largest absolute Gasteiger partial charge is 0.427 e. The number of benzene rings is 1. The minimum atomic E-state index is -4.37. The van der Waals surface area contributed by atoms with Gasteiger partial charge in [0.2, 0.25) is 0 Å². The van der Waals surface area contributed by atoms with Gasteiger partial charge in [-0.2, -0.15) is 13.2 Å². The van der Waals surface area contributed by atoms with Gasteiger partial charge in [0.25, 0.3) is 0 Å². The van der Waals surface area contributed by atoms with E-state index in [0.717, 1.165) is 16.8 Å². The number of anilines is 1. The van der Waals surface area contributed by atoms with Gasteiger partial charge in [-0.1, -0.05) is 41.7 Å². The lowest BCUT2D eigenvalue weighted by molar-refractivity contribution is -0.134. The third-order valence-electron chi connectivity index (χ3n) is 2.88. The molecule has 3 rings (SSSR count). The Labute approximate surface area is 132 Å². The van der Waals surface area contributed by atoms with Crippen molar-refractivity contribution in [2.24, 2.45) is 0 Å². The Hall–Kier alpha value is -1.93. The van der Waals surface area contributed by atoms with E-state index >= 15 is 0 Å². The van der Waals surface area contributed by atoms with Gasteiger partial charge in [0.1, 0.15) is 15.9 Å². The lowest BCUT2D eigenvalue weighted by Crippen LogP contribution is -2.11. The molecule has 1 unspecified atom stereocenters. The van der Waals surface area contributed by atoms with Crippen LogP contribution >= 0.6 is 22.7 Å². The molecule has 0 saturated heterocycles. The zero-order valence-electron chi connectivity index (χ0n) is 11.0. The number of thiazole rings is 2. The summed E-state index contributed by atoms with van der Waals surface area (Å²) < 4.78 is 38.0. The van der Waals surface area contributed by atoms with E-state index in [2.05, 4.69) is 15.3 Å². The normalized spacial score (nSPS) is 13.0. The Morgan fingerprint density at radius 3 is 2.45 bits per heavy atom. The number of nitrogens with zero attached hydrogens (tertiary/aromatic N) is 2. The van der Waals surface area contributed by atoms with Gasteiger partial charge < -0.3 is 5.32 Å². The summed E-state index contributed by atoms with van der Waals surface area (Å²) in [5.74, 6) is 0. The van der Waals surface area contributed by atoms with Crippen LogP contribution in [0.1, 0.15) is 21.5 Å². The molecule has 2 aromatic heterocycles. The molecular weight excluding hydrogens is 331 g/mol. The van der Waals surface area contributed by atoms with Crippen LogP contribution in [-0.4, -0.2) is 9.97 Å². The van der Waals surface area contributed by atoms with Crippen molar-refractivity contribution in [3.63, 3.8) is 0 Å². The number of halogens is 3. The number of nitrogens with one attached hydrogen (secondary N) is 1. The molecule has 0 radical (unpaired) electrons. The van der Waals surface area contributed by atoms with Crippen molar-refractivity contribution < 1.29 is 13.2 Å². The van der Waals surface area contributed by atoms with Crippen molar-refractivity contribution >= 4 is 27.8 Å². The van der Waals surface area contributed by atoms with Crippen LogP contribution in [0.3, 0.4) is 0 Å². The summed E-state index contributed by atoms with van der Waals surface area (Å²) in [5, 5.41) is 5.87. The van der Waals surface area contributed by atoms with Gasteiger partial charge in [0.15, 0.2) is 5.13 Å². The van der Waals surface area contributed by atoms with Crippen molar-refractivity contribution in [2.45, 2.75) is 12.2 Å². The third-order valence-corrected chi connectivity index (χ3v) is 4.70. The van der Waals surface area contributed by atoms with E-state index < -0.39 is 11.1 Å². The topological polar surface area (TPSA) is 37.8 Å².